The van der Waals surface area contributed by atoms with Crippen LogP contribution >= 0.6 is 12.2 Å². The monoisotopic (exact) mass is 275 g/mol. The van der Waals surface area contributed by atoms with Crippen molar-refractivity contribution >= 4 is 23.4 Å². The molecule has 19 heavy (non-hydrogen) atoms. The Morgan fingerprint density at radius 2 is 2.21 bits per heavy atom. The highest BCUT2D eigenvalue weighted by molar-refractivity contribution is 7.71. The number of aryl methyl sites for hydroxylation is 1. The minimum Gasteiger partial charge on any atom is -0.481 e. The highest BCUT2D eigenvalue weighted by atomic mass is 32.1. The third kappa shape index (κ3) is 2.01. The highest BCUT2D eigenvalue weighted by Crippen LogP contribution is 2.17. The van der Waals surface area contributed by atoms with E-state index in [-0.39, 0.29) is 0 Å². The van der Waals surface area contributed by atoms with Crippen LogP contribution < -0.4 is 4.74 Å². The van der Waals surface area contributed by atoms with Gasteiger partial charge in [0.1, 0.15) is 0 Å². The molecule has 0 aromatic carbocycles. The van der Waals surface area contributed by atoms with Gasteiger partial charge in [0.25, 0.3) is 0 Å². The third-order valence-electron chi connectivity index (χ3n) is 3.04. The highest BCUT2D eigenvalue weighted by Gasteiger charge is 2.09. The summed E-state index contributed by atoms with van der Waals surface area (Å²) in [5, 5.41) is 4.15. The van der Waals surface area contributed by atoms with Gasteiger partial charge in [-0.3, -0.25) is 9.25 Å². The molecule has 3 aromatic rings. The van der Waals surface area contributed by atoms with Crippen molar-refractivity contribution in [2.45, 2.75) is 6.54 Å². The van der Waals surface area contributed by atoms with Gasteiger partial charge in [-0.2, -0.15) is 10.1 Å². The molecule has 3 aromatic heterocycles. The van der Waals surface area contributed by atoms with Gasteiger partial charge in [0, 0.05) is 19.3 Å². The summed E-state index contributed by atoms with van der Waals surface area (Å²) < 4.78 is 9.55. The molecule has 0 saturated heterocycles. The first-order valence-corrected chi connectivity index (χ1v) is 6.20. The van der Waals surface area contributed by atoms with E-state index in [1.54, 1.807) is 13.3 Å². The lowest BCUT2D eigenvalue weighted by Crippen LogP contribution is -2.06. The van der Waals surface area contributed by atoms with Crippen molar-refractivity contribution in [2.24, 2.45) is 7.05 Å². The Kier molecular flexibility index (Phi) is 2.83. The molecular weight excluding hydrogens is 262 g/mol. The third-order valence-corrected chi connectivity index (χ3v) is 3.37. The first kappa shape index (κ1) is 11.9. The Labute approximate surface area is 114 Å². The van der Waals surface area contributed by atoms with Crippen LogP contribution in [0.2, 0.25) is 0 Å². The van der Waals surface area contributed by atoms with Crippen LogP contribution in [-0.2, 0) is 13.6 Å². The number of ether oxygens (including phenoxy) is 1. The second-order valence-electron chi connectivity index (χ2n) is 4.19. The lowest BCUT2D eigenvalue weighted by molar-refractivity contribution is 0.399. The summed E-state index contributed by atoms with van der Waals surface area (Å²) in [5.41, 5.74) is 2.74. The van der Waals surface area contributed by atoms with E-state index in [1.165, 1.54) is 0 Å². The summed E-state index contributed by atoms with van der Waals surface area (Å²) in [6, 6.07) is 5.68. The van der Waals surface area contributed by atoms with Crippen LogP contribution in [-0.4, -0.2) is 31.4 Å². The summed E-state index contributed by atoms with van der Waals surface area (Å²) in [7, 11) is 3.50. The van der Waals surface area contributed by atoms with Crippen LogP contribution in [0, 0.1) is 4.77 Å². The Bertz CT molecular complexity index is 785. The molecule has 7 heteroatoms. The summed E-state index contributed by atoms with van der Waals surface area (Å²) in [5.74, 6) is 0.570. The topological polar surface area (TPSA) is 60.7 Å². The van der Waals surface area contributed by atoms with Gasteiger partial charge in [0.15, 0.2) is 10.4 Å². The van der Waals surface area contributed by atoms with Crippen molar-refractivity contribution in [1.82, 2.24) is 24.3 Å². The van der Waals surface area contributed by atoms with Crippen molar-refractivity contribution < 1.29 is 4.74 Å². The molecule has 1 N–H and O–H groups in total. The minimum absolute atomic E-state index is 0.570. The molecule has 0 bridgehead atoms. The standard InChI is InChI=1S/C12H13N5OS/c1-16-8(5-6-13-16)7-17-11-9(14-12(17)19)3-4-10(15-11)18-2/h3-6H,7H2,1-2H3,(H,14,19). The van der Waals surface area contributed by atoms with E-state index in [1.807, 2.05) is 34.5 Å². The predicted octanol–water partition coefficient (Wildman–Crippen LogP) is 1.88. The number of nitrogens with zero attached hydrogens (tertiary/aromatic N) is 4. The van der Waals surface area contributed by atoms with E-state index < -0.39 is 0 Å². The van der Waals surface area contributed by atoms with Crippen LogP contribution in [0.4, 0.5) is 0 Å². The number of methoxy groups -OCH3 is 1. The van der Waals surface area contributed by atoms with Crippen molar-refractivity contribution in [3.63, 3.8) is 0 Å². The molecule has 0 aliphatic heterocycles. The number of imidazole rings is 1. The summed E-state index contributed by atoms with van der Waals surface area (Å²) >= 11 is 5.35. The SMILES string of the molecule is COc1ccc2[nH]c(=S)n(Cc3ccnn3C)c2n1. The molecule has 98 valence electrons. The molecule has 0 radical (unpaired) electrons. The molecule has 0 aliphatic carbocycles. The first-order chi connectivity index (χ1) is 9.19. The average Bonchev–Trinajstić information content (AvgIpc) is 2.94. The van der Waals surface area contributed by atoms with E-state index in [4.69, 9.17) is 17.0 Å². The fraction of sp³-hybridized carbons (Fsp3) is 0.250. The smallest absolute Gasteiger partial charge is 0.215 e. The van der Waals surface area contributed by atoms with Crippen LogP contribution in [0.15, 0.2) is 24.4 Å². The van der Waals surface area contributed by atoms with Gasteiger partial charge in [0.2, 0.25) is 5.88 Å². The zero-order chi connectivity index (χ0) is 13.4. The normalized spacial score (nSPS) is 11.1. The molecule has 6 nitrogen and oxygen atoms in total. The molecule has 0 spiro atoms. The molecule has 0 aliphatic rings. The summed E-state index contributed by atoms with van der Waals surface area (Å²) in [6.45, 7) is 0.621. The van der Waals surface area contributed by atoms with Gasteiger partial charge < -0.3 is 9.72 Å². The number of H-pyrrole nitrogens is 1. The Balaban J connectivity index is 2.14. The number of aromatic nitrogens is 5. The molecule has 0 saturated carbocycles. The Morgan fingerprint density at radius 1 is 1.37 bits per heavy atom. The summed E-state index contributed by atoms with van der Waals surface area (Å²) in [4.78, 5) is 7.58. The number of nitrogens with one attached hydrogen (secondary N) is 1. The maximum atomic E-state index is 5.35. The average molecular weight is 275 g/mol. The number of rotatable bonds is 3. The lowest BCUT2D eigenvalue weighted by atomic mass is 10.4. The molecular formula is C12H13N5OS. The van der Waals surface area contributed by atoms with Crippen molar-refractivity contribution in [3.05, 3.63) is 34.9 Å². The lowest BCUT2D eigenvalue weighted by Gasteiger charge is -2.05. The number of hydrogen-bond acceptors (Lipinski definition) is 4. The molecule has 3 heterocycles. The van der Waals surface area contributed by atoms with Crippen molar-refractivity contribution in [3.8, 4) is 5.88 Å². The maximum Gasteiger partial charge on any atom is 0.215 e. The predicted molar refractivity (Wildman–Crippen MR) is 73.8 cm³/mol. The van der Waals surface area contributed by atoms with Crippen LogP contribution in [0.25, 0.3) is 11.2 Å². The maximum absolute atomic E-state index is 5.35. The van der Waals surface area contributed by atoms with Gasteiger partial charge >= 0.3 is 0 Å². The largest absolute Gasteiger partial charge is 0.481 e. The molecule has 0 amide bonds. The van der Waals surface area contributed by atoms with Gasteiger partial charge in [-0.1, -0.05) is 0 Å². The molecule has 0 atom stereocenters. The zero-order valence-corrected chi connectivity index (χ0v) is 11.4. The van der Waals surface area contributed by atoms with Crippen molar-refractivity contribution in [2.75, 3.05) is 7.11 Å². The fourth-order valence-corrected chi connectivity index (χ4v) is 2.25. The minimum atomic E-state index is 0.570. The first-order valence-electron chi connectivity index (χ1n) is 5.79. The molecule has 3 rings (SSSR count). The van der Waals surface area contributed by atoms with E-state index in [0.29, 0.717) is 17.2 Å². The van der Waals surface area contributed by atoms with Gasteiger partial charge in [-0.15, -0.1) is 0 Å². The van der Waals surface area contributed by atoms with Crippen molar-refractivity contribution in [1.29, 1.82) is 0 Å². The van der Waals surface area contributed by atoms with Gasteiger partial charge in [0.05, 0.1) is 24.9 Å². The number of aromatic amines is 1. The van der Waals surface area contributed by atoms with E-state index >= 15 is 0 Å². The Hall–Kier alpha value is -2.15. The number of fused-ring (bicyclic) bond motifs is 1. The van der Waals surface area contributed by atoms with E-state index in [2.05, 4.69) is 15.1 Å². The van der Waals surface area contributed by atoms with Gasteiger partial charge in [-0.25, -0.2) is 0 Å². The second kappa shape index (κ2) is 4.51. The van der Waals surface area contributed by atoms with Gasteiger partial charge in [-0.05, 0) is 24.4 Å². The number of pyridine rings is 1. The van der Waals surface area contributed by atoms with Crippen LogP contribution in [0.3, 0.4) is 0 Å². The fourth-order valence-electron chi connectivity index (χ4n) is 1.99. The number of hydrogen-bond donors (Lipinski definition) is 1. The van der Waals surface area contributed by atoms with Crippen LogP contribution in [0.1, 0.15) is 5.69 Å². The molecule has 0 unspecified atom stereocenters. The Morgan fingerprint density at radius 3 is 2.89 bits per heavy atom. The second-order valence-corrected chi connectivity index (χ2v) is 4.57. The zero-order valence-electron chi connectivity index (χ0n) is 10.6. The van der Waals surface area contributed by atoms with Crippen LogP contribution in [0.5, 0.6) is 5.88 Å². The molecule has 0 fully saturated rings. The van der Waals surface area contributed by atoms with E-state index in [9.17, 15) is 0 Å². The quantitative estimate of drug-likeness (QED) is 0.741. The summed E-state index contributed by atoms with van der Waals surface area (Å²) in [6.07, 6.45) is 1.77. The van der Waals surface area contributed by atoms with E-state index in [0.717, 1.165) is 16.9 Å².